The summed E-state index contributed by atoms with van der Waals surface area (Å²) in [5.41, 5.74) is 0.269. The minimum absolute atomic E-state index is 0.0657. The molecular formula is C19H24N2O3. The van der Waals surface area contributed by atoms with E-state index in [9.17, 15) is 14.7 Å². The lowest BCUT2D eigenvalue weighted by Crippen LogP contribution is -2.49. The molecule has 1 saturated carbocycles. The summed E-state index contributed by atoms with van der Waals surface area (Å²) in [6.45, 7) is 4.60. The van der Waals surface area contributed by atoms with Crippen LogP contribution in [-0.4, -0.2) is 40.4 Å². The molecule has 1 aromatic carbocycles. The Kier molecular flexibility index (Phi) is 4.71. The highest BCUT2D eigenvalue weighted by molar-refractivity contribution is 5.88. The lowest BCUT2D eigenvalue weighted by Gasteiger charge is -2.33. The van der Waals surface area contributed by atoms with Crippen molar-refractivity contribution >= 4 is 11.8 Å². The van der Waals surface area contributed by atoms with Gasteiger partial charge in [-0.1, -0.05) is 36.9 Å². The van der Waals surface area contributed by atoms with Gasteiger partial charge in [0.25, 0.3) is 0 Å². The molecular weight excluding hydrogens is 304 g/mol. The Morgan fingerprint density at radius 3 is 2.67 bits per heavy atom. The number of hydrogen-bond donors (Lipinski definition) is 2. The molecule has 3 rings (SSSR count). The van der Waals surface area contributed by atoms with Crippen LogP contribution in [0, 0.1) is 5.92 Å². The normalized spacial score (nSPS) is 23.2. The zero-order valence-electron chi connectivity index (χ0n) is 13.8. The molecule has 128 valence electrons. The van der Waals surface area contributed by atoms with Crippen molar-refractivity contribution < 1.29 is 14.7 Å². The van der Waals surface area contributed by atoms with Gasteiger partial charge in [0.1, 0.15) is 6.10 Å². The van der Waals surface area contributed by atoms with Crippen molar-refractivity contribution in [2.75, 3.05) is 13.1 Å². The van der Waals surface area contributed by atoms with Gasteiger partial charge in [-0.3, -0.25) is 9.59 Å². The van der Waals surface area contributed by atoms with E-state index in [-0.39, 0.29) is 17.7 Å². The molecule has 5 nitrogen and oxygen atoms in total. The summed E-state index contributed by atoms with van der Waals surface area (Å²) in [6, 6.07) is 9.43. The van der Waals surface area contributed by atoms with Crippen molar-refractivity contribution in [1.82, 2.24) is 10.2 Å². The van der Waals surface area contributed by atoms with E-state index in [4.69, 9.17) is 0 Å². The first-order valence-electron chi connectivity index (χ1n) is 8.52. The van der Waals surface area contributed by atoms with Gasteiger partial charge in [-0.15, -0.1) is 0 Å². The van der Waals surface area contributed by atoms with Gasteiger partial charge in [0.2, 0.25) is 11.8 Å². The standard InChI is InChI=1S/C19H24N2O3/c1-2-16(22)21-12-6-9-15(13-21)18(24)20-19(10-11-19)17(23)14-7-4-3-5-8-14/h2-5,7-8,15,17,23H,1,6,9-13H2,(H,20,24). The first-order valence-corrected chi connectivity index (χ1v) is 8.52. The molecule has 1 saturated heterocycles. The fraction of sp³-hybridized carbons (Fsp3) is 0.474. The number of nitrogens with zero attached hydrogens (tertiary/aromatic N) is 1. The van der Waals surface area contributed by atoms with Crippen LogP contribution in [0.15, 0.2) is 43.0 Å². The molecule has 0 spiro atoms. The maximum absolute atomic E-state index is 12.7. The second-order valence-electron chi connectivity index (χ2n) is 6.79. The number of carbonyl (C=O) groups is 2. The third-order valence-corrected chi connectivity index (χ3v) is 5.08. The molecule has 1 heterocycles. The molecule has 0 aromatic heterocycles. The highest BCUT2D eigenvalue weighted by Gasteiger charge is 2.51. The minimum Gasteiger partial charge on any atom is -0.386 e. The third kappa shape index (κ3) is 3.36. The molecule has 1 aromatic rings. The maximum atomic E-state index is 12.7. The summed E-state index contributed by atoms with van der Waals surface area (Å²) < 4.78 is 0. The molecule has 2 atom stereocenters. The first-order chi connectivity index (χ1) is 11.6. The molecule has 2 fully saturated rings. The summed E-state index contributed by atoms with van der Waals surface area (Å²) in [5, 5.41) is 13.7. The quantitative estimate of drug-likeness (QED) is 0.810. The summed E-state index contributed by atoms with van der Waals surface area (Å²) in [4.78, 5) is 26.1. The molecule has 0 bridgehead atoms. The van der Waals surface area contributed by atoms with Gasteiger partial charge >= 0.3 is 0 Å². The Balaban J connectivity index is 1.64. The van der Waals surface area contributed by atoms with Crippen molar-refractivity contribution in [2.45, 2.75) is 37.3 Å². The number of amides is 2. The van der Waals surface area contributed by atoms with Crippen LogP contribution in [0.25, 0.3) is 0 Å². The molecule has 24 heavy (non-hydrogen) atoms. The third-order valence-electron chi connectivity index (χ3n) is 5.08. The van der Waals surface area contributed by atoms with Crippen LogP contribution in [0.4, 0.5) is 0 Å². The predicted octanol–water partition coefficient (Wildman–Crippen LogP) is 1.79. The Morgan fingerprint density at radius 2 is 2.04 bits per heavy atom. The van der Waals surface area contributed by atoms with Crippen LogP contribution in [0.1, 0.15) is 37.4 Å². The summed E-state index contributed by atoms with van der Waals surface area (Å²) in [6.07, 6.45) is 3.73. The van der Waals surface area contributed by atoms with Gasteiger partial charge in [0, 0.05) is 13.1 Å². The number of piperidine rings is 1. The van der Waals surface area contributed by atoms with E-state index in [0.29, 0.717) is 13.1 Å². The van der Waals surface area contributed by atoms with Crippen LogP contribution >= 0.6 is 0 Å². The van der Waals surface area contributed by atoms with Crippen LogP contribution in [0.5, 0.6) is 0 Å². The predicted molar refractivity (Wildman–Crippen MR) is 91.0 cm³/mol. The second kappa shape index (κ2) is 6.77. The van der Waals surface area contributed by atoms with E-state index >= 15 is 0 Å². The fourth-order valence-electron chi connectivity index (χ4n) is 3.42. The first kappa shape index (κ1) is 16.7. The summed E-state index contributed by atoms with van der Waals surface area (Å²) in [7, 11) is 0. The molecule has 5 heteroatoms. The van der Waals surface area contributed by atoms with Gasteiger partial charge in [-0.25, -0.2) is 0 Å². The SMILES string of the molecule is C=CC(=O)N1CCCC(C(=O)NC2(C(O)c3ccccc3)CC2)C1. The molecule has 1 aliphatic carbocycles. The van der Waals surface area contributed by atoms with Crippen LogP contribution in [0.2, 0.25) is 0 Å². The Labute approximate surface area is 142 Å². The van der Waals surface area contributed by atoms with E-state index in [1.165, 1.54) is 6.08 Å². The van der Waals surface area contributed by atoms with Crippen molar-refractivity contribution in [3.05, 3.63) is 48.6 Å². The number of carbonyl (C=O) groups excluding carboxylic acids is 2. The van der Waals surface area contributed by atoms with Crippen molar-refractivity contribution in [3.63, 3.8) is 0 Å². The minimum atomic E-state index is -0.697. The zero-order chi connectivity index (χ0) is 17.2. The monoisotopic (exact) mass is 328 g/mol. The van der Waals surface area contributed by atoms with E-state index in [1.807, 2.05) is 30.3 Å². The number of nitrogens with one attached hydrogen (secondary N) is 1. The molecule has 2 aliphatic rings. The average molecular weight is 328 g/mol. The molecule has 1 aliphatic heterocycles. The second-order valence-corrected chi connectivity index (χ2v) is 6.79. The Hall–Kier alpha value is -2.14. The van der Waals surface area contributed by atoms with E-state index < -0.39 is 11.6 Å². The fourth-order valence-corrected chi connectivity index (χ4v) is 3.42. The number of aliphatic hydroxyl groups excluding tert-OH is 1. The maximum Gasteiger partial charge on any atom is 0.245 e. The Bertz CT molecular complexity index is 625. The number of hydrogen-bond acceptors (Lipinski definition) is 3. The summed E-state index contributed by atoms with van der Waals surface area (Å²) in [5.74, 6) is -0.412. The molecule has 2 unspecified atom stereocenters. The smallest absolute Gasteiger partial charge is 0.245 e. The lowest BCUT2D eigenvalue weighted by molar-refractivity contribution is -0.133. The van der Waals surface area contributed by atoms with Gasteiger partial charge in [-0.2, -0.15) is 0 Å². The van der Waals surface area contributed by atoms with E-state index in [2.05, 4.69) is 11.9 Å². The topological polar surface area (TPSA) is 69.6 Å². The van der Waals surface area contributed by atoms with Gasteiger partial charge in [-0.05, 0) is 37.3 Å². The summed E-state index contributed by atoms with van der Waals surface area (Å²) >= 11 is 0. The van der Waals surface area contributed by atoms with Crippen LogP contribution in [-0.2, 0) is 9.59 Å². The van der Waals surface area contributed by atoms with Gasteiger partial charge in [0.15, 0.2) is 0 Å². The van der Waals surface area contributed by atoms with Crippen LogP contribution < -0.4 is 5.32 Å². The number of aliphatic hydroxyl groups is 1. The highest BCUT2D eigenvalue weighted by atomic mass is 16.3. The van der Waals surface area contributed by atoms with E-state index in [1.54, 1.807) is 4.90 Å². The largest absolute Gasteiger partial charge is 0.386 e. The van der Waals surface area contributed by atoms with Gasteiger partial charge < -0.3 is 15.3 Å². The molecule has 0 radical (unpaired) electrons. The van der Waals surface area contributed by atoms with Crippen molar-refractivity contribution in [1.29, 1.82) is 0 Å². The number of benzene rings is 1. The lowest BCUT2D eigenvalue weighted by atomic mass is 9.94. The average Bonchev–Trinajstić information content (AvgIpc) is 3.41. The molecule has 2 amide bonds. The van der Waals surface area contributed by atoms with Crippen molar-refractivity contribution in [2.24, 2.45) is 5.92 Å². The number of likely N-dealkylation sites (tertiary alicyclic amines) is 1. The van der Waals surface area contributed by atoms with E-state index in [0.717, 1.165) is 31.2 Å². The number of rotatable bonds is 5. The Morgan fingerprint density at radius 1 is 1.33 bits per heavy atom. The molecule has 2 N–H and O–H groups in total. The van der Waals surface area contributed by atoms with Crippen LogP contribution in [0.3, 0.4) is 0 Å². The van der Waals surface area contributed by atoms with Gasteiger partial charge in [0.05, 0.1) is 11.5 Å². The van der Waals surface area contributed by atoms with Crippen molar-refractivity contribution in [3.8, 4) is 0 Å². The highest BCUT2D eigenvalue weighted by Crippen LogP contribution is 2.46. The zero-order valence-corrected chi connectivity index (χ0v) is 13.8.